The van der Waals surface area contributed by atoms with Crippen molar-refractivity contribution in [1.29, 1.82) is 0 Å². The summed E-state index contributed by atoms with van der Waals surface area (Å²) in [5.74, 6) is 0.792. The van der Waals surface area contributed by atoms with E-state index in [9.17, 15) is 15.3 Å². The van der Waals surface area contributed by atoms with Gasteiger partial charge in [0.05, 0.1) is 0 Å². The molecule has 0 aliphatic heterocycles. The van der Waals surface area contributed by atoms with Gasteiger partial charge in [0, 0.05) is 0 Å². The predicted octanol–water partition coefficient (Wildman–Crippen LogP) is 15.8. The monoisotopic (exact) mass is 810 g/mol. The fraction of sp³-hybridized carbons (Fsp3) is 0. The van der Waals surface area contributed by atoms with Gasteiger partial charge in [-0.1, -0.05) is 182 Å². The van der Waals surface area contributed by atoms with Crippen LogP contribution in [-0.2, 0) is 0 Å². The van der Waals surface area contributed by atoms with Crippen molar-refractivity contribution in [2.24, 2.45) is 0 Å². The first kappa shape index (κ1) is 38.8. The normalized spacial score (nSPS) is 11.0. The second kappa shape index (κ2) is 16.9. The SMILES string of the molecule is Oc1ccc(-c2ccc(-c3ccc(-c4cc(-c5ccc(-c6ccc(-c7ccc(O)cc7)cc6)cc5)cc(-c5ccc(-c6ccc(-c7ccc(O)cc7)cc6)cc5)c4)cc3)cc2)cc1. The number of phenols is 3. The maximum atomic E-state index is 9.72. The van der Waals surface area contributed by atoms with Gasteiger partial charge in [0.25, 0.3) is 0 Å². The van der Waals surface area contributed by atoms with E-state index in [2.05, 4.69) is 164 Å². The molecule has 0 heterocycles. The molecular weight excluding hydrogens is 769 g/mol. The molecule has 10 aromatic carbocycles. The first-order valence-electron chi connectivity index (χ1n) is 21.0. The van der Waals surface area contributed by atoms with Crippen LogP contribution in [-0.4, -0.2) is 15.3 Å². The van der Waals surface area contributed by atoms with Crippen LogP contribution < -0.4 is 0 Å². The number of benzene rings is 10. The second-order valence-electron chi connectivity index (χ2n) is 15.9. The minimum absolute atomic E-state index is 0.264. The summed E-state index contributed by atoms with van der Waals surface area (Å²) in [6, 6.07) is 80.9. The molecule has 0 spiro atoms. The number of hydrogen-bond donors (Lipinski definition) is 3. The van der Waals surface area contributed by atoms with E-state index in [4.69, 9.17) is 0 Å². The van der Waals surface area contributed by atoms with E-state index < -0.39 is 0 Å². The van der Waals surface area contributed by atoms with Crippen molar-refractivity contribution in [3.8, 4) is 117 Å². The van der Waals surface area contributed by atoms with Gasteiger partial charge >= 0.3 is 0 Å². The van der Waals surface area contributed by atoms with Gasteiger partial charge in [0.2, 0.25) is 0 Å². The minimum atomic E-state index is 0.264. The van der Waals surface area contributed by atoms with Crippen LogP contribution in [0.1, 0.15) is 0 Å². The quantitative estimate of drug-likeness (QED) is 0.136. The van der Waals surface area contributed by atoms with Crippen LogP contribution in [0.15, 0.2) is 237 Å². The van der Waals surface area contributed by atoms with E-state index in [1.807, 2.05) is 36.4 Å². The highest BCUT2D eigenvalue weighted by Crippen LogP contribution is 2.37. The lowest BCUT2D eigenvalue weighted by Crippen LogP contribution is -1.88. The average molecular weight is 811 g/mol. The molecule has 0 aliphatic rings. The van der Waals surface area contributed by atoms with Crippen LogP contribution in [0.5, 0.6) is 17.2 Å². The maximum Gasteiger partial charge on any atom is 0.115 e. The number of hydrogen-bond acceptors (Lipinski definition) is 3. The smallest absolute Gasteiger partial charge is 0.115 e. The molecule has 0 radical (unpaired) electrons. The van der Waals surface area contributed by atoms with Gasteiger partial charge in [-0.25, -0.2) is 0 Å². The third-order valence-corrected chi connectivity index (χ3v) is 11.8. The van der Waals surface area contributed by atoms with Crippen LogP contribution >= 0.6 is 0 Å². The molecule has 3 N–H and O–H groups in total. The zero-order chi connectivity index (χ0) is 42.7. The third-order valence-electron chi connectivity index (χ3n) is 11.8. The first-order valence-corrected chi connectivity index (χ1v) is 21.0. The van der Waals surface area contributed by atoms with Gasteiger partial charge in [0.15, 0.2) is 0 Å². The van der Waals surface area contributed by atoms with E-state index >= 15 is 0 Å². The highest BCUT2D eigenvalue weighted by atomic mass is 16.3. The van der Waals surface area contributed by atoms with E-state index in [1.54, 1.807) is 36.4 Å². The Morgan fingerprint density at radius 1 is 0.127 bits per heavy atom. The van der Waals surface area contributed by atoms with Crippen molar-refractivity contribution in [3.63, 3.8) is 0 Å². The van der Waals surface area contributed by atoms with Crippen molar-refractivity contribution in [2.75, 3.05) is 0 Å². The molecule has 0 saturated carbocycles. The lowest BCUT2D eigenvalue weighted by atomic mass is 9.91. The molecule has 300 valence electrons. The van der Waals surface area contributed by atoms with Gasteiger partial charge in [-0.15, -0.1) is 0 Å². The highest BCUT2D eigenvalue weighted by Gasteiger charge is 2.11. The van der Waals surface area contributed by atoms with E-state index in [0.717, 1.165) is 100 Å². The van der Waals surface area contributed by atoms with Crippen molar-refractivity contribution >= 4 is 0 Å². The largest absolute Gasteiger partial charge is 0.508 e. The minimum Gasteiger partial charge on any atom is -0.508 e. The van der Waals surface area contributed by atoms with Crippen molar-refractivity contribution in [3.05, 3.63) is 237 Å². The van der Waals surface area contributed by atoms with E-state index in [-0.39, 0.29) is 17.2 Å². The molecule has 0 unspecified atom stereocenters. The molecule has 0 fully saturated rings. The lowest BCUT2D eigenvalue weighted by Gasteiger charge is -2.13. The van der Waals surface area contributed by atoms with Crippen molar-refractivity contribution < 1.29 is 15.3 Å². The zero-order valence-electron chi connectivity index (χ0n) is 34.4. The van der Waals surface area contributed by atoms with Gasteiger partial charge in [-0.2, -0.15) is 0 Å². The third kappa shape index (κ3) is 8.50. The van der Waals surface area contributed by atoms with E-state index in [0.29, 0.717) is 0 Å². The fourth-order valence-electron chi connectivity index (χ4n) is 8.22. The number of phenolic OH excluding ortho intramolecular Hbond substituents is 3. The Kier molecular flexibility index (Phi) is 10.4. The Hall–Kier alpha value is -8.40. The van der Waals surface area contributed by atoms with Crippen LogP contribution in [0.25, 0.3) is 100 Å². The first-order chi connectivity index (χ1) is 30.9. The predicted molar refractivity (Wildman–Crippen MR) is 260 cm³/mol. The average Bonchev–Trinajstić information content (AvgIpc) is 3.35. The summed E-state index contributed by atoms with van der Waals surface area (Å²) in [7, 11) is 0. The molecule has 0 saturated heterocycles. The van der Waals surface area contributed by atoms with Gasteiger partial charge < -0.3 is 15.3 Å². The summed E-state index contributed by atoms with van der Waals surface area (Å²) in [5.41, 5.74) is 20.2. The Balaban J connectivity index is 0.951. The van der Waals surface area contributed by atoms with Crippen LogP contribution in [0.3, 0.4) is 0 Å². The van der Waals surface area contributed by atoms with Crippen molar-refractivity contribution in [1.82, 2.24) is 0 Å². The van der Waals surface area contributed by atoms with Crippen LogP contribution in [0.2, 0.25) is 0 Å². The fourth-order valence-corrected chi connectivity index (χ4v) is 8.22. The summed E-state index contributed by atoms with van der Waals surface area (Å²) >= 11 is 0. The topological polar surface area (TPSA) is 60.7 Å². The Bertz CT molecular complexity index is 2770. The summed E-state index contributed by atoms with van der Waals surface area (Å²) in [6.45, 7) is 0. The summed E-state index contributed by atoms with van der Waals surface area (Å²) in [4.78, 5) is 0. The molecule has 10 aromatic rings. The standard InChI is InChI=1S/C60H42O3/c61-58-31-25-49(26-32-58)46-7-1-40(2-8-46)43-13-19-52(20-14-43)55-37-56(53-21-15-44(16-22-53)41-3-9-47(10-4-41)50-27-33-59(62)34-28-50)39-57(38-55)54-23-17-45(18-24-54)42-5-11-48(12-6-42)51-29-35-60(63)36-30-51/h1-39,61-63H. The second-order valence-corrected chi connectivity index (χ2v) is 15.9. The molecule has 10 rings (SSSR count). The maximum absolute atomic E-state index is 9.72. The molecule has 3 nitrogen and oxygen atoms in total. The Morgan fingerprint density at radius 2 is 0.222 bits per heavy atom. The van der Waals surface area contributed by atoms with Crippen molar-refractivity contribution in [2.45, 2.75) is 0 Å². The van der Waals surface area contributed by atoms with Crippen LogP contribution in [0.4, 0.5) is 0 Å². The molecule has 0 bridgehead atoms. The van der Waals surface area contributed by atoms with Gasteiger partial charge in [0.1, 0.15) is 17.2 Å². The number of rotatable bonds is 9. The zero-order valence-corrected chi connectivity index (χ0v) is 34.4. The molecule has 63 heavy (non-hydrogen) atoms. The molecule has 0 aliphatic carbocycles. The Labute approximate surface area is 367 Å². The molecule has 0 amide bonds. The van der Waals surface area contributed by atoms with Gasteiger partial charge in [-0.3, -0.25) is 0 Å². The molecule has 0 atom stereocenters. The summed E-state index contributed by atoms with van der Waals surface area (Å²) < 4.78 is 0. The molecule has 3 heteroatoms. The van der Waals surface area contributed by atoms with E-state index in [1.165, 1.54) is 0 Å². The lowest BCUT2D eigenvalue weighted by molar-refractivity contribution is 0.475. The van der Waals surface area contributed by atoms with Gasteiger partial charge in [-0.05, 0) is 155 Å². The molecular formula is C60H42O3. The highest BCUT2D eigenvalue weighted by molar-refractivity contribution is 5.84. The van der Waals surface area contributed by atoms with Crippen LogP contribution in [0, 0.1) is 0 Å². The summed E-state index contributed by atoms with van der Waals surface area (Å²) in [5, 5.41) is 29.2. The Morgan fingerprint density at radius 3 is 0.349 bits per heavy atom. The summed E-state index contributed by atoms with van der Waals surface area (Å²) in [6.07, 6.45) is 0. The molecule has 0 aromatic heterocycles. The number of aromatic hydroxyl groups is 3.